The Balaban J connectivity index is 3.06. The van der Waals surface area contributed by atoms with Crippen molar-refractivity contribution in [3.63, 3.8) is 0 Å². The first-order valence-corrected chi connectivity index (χ1v) is 4.60. The minimum atomic E-state index is -0.0251. The SMILES string of the molecule is COC(CCCCCCN)OC. The van der Waals surface area contributed by atoms with Crippen LogP contribution in [0.15, 0.2) is 0 Å². The quantitative estimate of drug-likeness (QED) is 0.449. The summed E-state index contributed by atoms with van der Waals surface area (Å²) in [5.74, 6) is 0. The Labute approximate surface area is 75.2 Å². The molecule has 0 saturated heterocycles. The predicted octanol–water partition coefficient (Wildman–Crippen LogP) is 1.51. The van der Waals surface area contributed by atoms with Gasteiger partial charge in [0.25, 0.3) is 0 Å². The molecule has 0 aromatic heterocycles. The first-order chi connectivity index (χ1) is 5.85. The van der Waals surface area contributed by atoms with Crippen LogP contribution in [0.2, 0.25) is 0 Å². The Kier molecular flexibility index (Phi) is 8.88. The summed E-state index contributed by atoms with van der Waals surface area (Å²) < 4.78 is 10.1. The second-order valence-electron chi connectivity index (χ2n) is 2.89. The van der Waals surface area contributed by atoms with E-state index >= 15 is 0 Å². The molecule has 0 bridgehead atoms. The van der Waals surface area contributed by atoms with Crippen molar-refractivity contribution in [3.8, 4) is 0 Å². The molecule has 0 atom stereocenters. The maximum absolute atomic E-state index is 5.37. The average molecular weight is 175 g/mol. The lowest BCUT2D eigenvalue weighted by atomic mass is 10.1. The van der Waals surface area contributed by atoms with E-state index in [1.807, 2.05) is 0 Å². The van der Waals surface area contributed by atoms with Gasteiger partial charge in [-0.3, -0.25) is 0 Å². The smallest absolute Gasteiger partial charge is 0.156 e. The summed E-state index contributed by atoms with van der Waals surface area (Å²) in [6.45, 7) is 0.804. The molecule has 0 aliphatic heterocycles. The van der Waals surface area contributed by atoms with Gasteiger partial charge >= 0.3 is 0 Å². The highest BCUT2D eigenvalue weighted by Crippen LogP contribution is 2.07. The molecular formula is C9H21NO2. The third-order valence-corrected chi connectivity index (χ3v) is 1.92. The van der Waals surface area contributed by atoms with E-state index in [1.165, 1.54) is 12.8 Å². The fraction of sp³-hybridized carbons (Fsp3) is 1.00. The van der Waals surface area contributed by atoms with Crippen molar-refractivity contribution in [3.05, 3.63) is 0 Å². The van der Waals surface area contributed by atoms with E-state index in [0.29, 0.717) is 0 Å². The lowest BCUT2D eigenvalue weighted by Gasteiger charge is -2.12. The maximum Gasteiger partial charge on any atom is 0.156 e. The minimum Gasteiger partial charge on any atom is -0.356 e. The summed E-state index contributed by atoms with van der Waals surface area (Å²) >= 11 is 0. The molecule has 0 fully saturated rings. The third-order valence-electron chi connectivity index (χ3n) is 1.92. The normalized spacial score (nSPS) is 11.0. The zero-order valence-corrected chi connectivity index (χ0v) is 8.21. The van der Waals surface area contributed by atoms with Gasteiger partial charge in [0, 0.05) is 14.2 Å². The standard InChI is InChI=1S/C9H21NO2/c1-11-9(12-2)7-5-3-4-6-8-10/h9H,3-8,10H2,1-2H3. The van der Waals surface area contributed by atoms with Gasteiger partial charge in [-0.15, -0.1) is 0 Å². The highest BCUT2D eigenvalue weighted by molar-refractivity contribution is 4.47. The van der Waals surface area contributed by atoms with Crippen molar-refractivity contribution in [1.82, 2.24) is 0 Å². The molecule has 3 heteroatoms. The number of rotatable bonds is 8. The number of hydrogen-bond acceptors (Lipinski definition) is 3. The summed E-state index contributed by atoms with van der Waals surface area (Å²) in [5, 5.41) is 0. The predicted molar refractivity (Wildman–Crippen MR) is 49.9 cm³/mol. The molecular weight excluding hydrogens is 154 g/mol. The van der Waals surface area contributed by atoms with Crippen LogP contribution in [-0.4, -0.2) is 27.1 Å². The van der Waals surface area contributed by atoms with Crippen molar-refractivity contribution in [2.75, 3.05) is 20.8 Å². The van der Waals surface area contributed by atoms with Crippen LogP contribution < -0.4 is 5.73 Å². The van der Waals surface area contributed by atoms with Crippen molar-refractivity contribution >= 4 is 0 Å². The monoisotopic (exact) mass is 175 g/mol. The Morgan fingerprint density at radius 2 is 1.58 bits per heavy atom. The second-order valence-corrected chi connectivity index (χ2v) is 2.89. The van der Waals surface area contributed by atoms with Crippen LogP contribution in [0.25, 0.3) is 0 Å². The van der Waals surface area contributed by atoms with Crippen LogP contribution in [0.5, 0.6) is 0 Å². The minimum absolute atomic E-state index is 0.0251. The van der Waals surface area contributed by atoms with Gasteiger partial charge in [-0.1, -0.05) is 12.8 Å². The third kappa shape index (κ3) is 6.58. The summed E-state index contributed by atoms with van der Waals surface area (Å²) in [7, 11) is 3.35. The highest BCUT2D eigenvalue weighted by atomic mass is 16.7. The molecule has 0 radical (unpaired) electrons. The zero-order chi connectivity index (χ0) is 9.23. The lowest BCUT2D eigenvalue weighted by Crippen LogP contribution is -2.12. The molecule has 0 aliphatic rings. The Bertz CT molecular complexity index is 84.6. The second kappa shape index (κ2) is 8.97. The summed E-state index contributed by atoms with van der Waals surface area (Å²) in [5.41, 5.74) is 5.37. The molecule has 12 heavy (non-hydrogen) atoms. The molecule has 2 N–H and O–H groups in total. The van der Waals surface area contributed by atoms with Gasteiger partial charge in [0.1, 0.15) is 0 Å². The summed E-state index contributed by atoms with van der Waals surface area (Å²) in [6, 6.07) is 0. The lowest BCUT2D eigenvalue weighted by molar-refractivity contribution is -0.107. The molecule has 0 unspecified atom stereocenters. The van der Waals surface area contributed by atoms with Crippen LogP contribution >= 0.6 is 0 Å². The first kappa shape index (κ1) is 11.9. The highest BCUT2D eigenvalue weighted by Gasteiger charge is 2.02. The van der Waals surface area contributed by atoms with Crippen molar-refractivity contribution < 1.29 is 9.47 Å². The van der Waals surface area contributed by atoms with Crippen LogP contribution in [0.1, 0.15) is 32.1 Å². The van der Waals surface area contributed by atoms with E-state index in [4.69, 9.17) is 15.2 Å². The van der Waals surface area contributed by atoms with Crippen LogP contribution in [-0.2, 0) is 9.47 Å². The summed E-state index contributed by atoms with van der Waals surface area (Å²) in [4.78, 5) is 0. The van der Waals surface area contributed by atoms with Gasteiger partial charge in [0.05, 0.1) is 0 Å². The molecule has 0 heterocycles. The van der Waals surface area contributed by atoms with E-state index < -0.39 is 0 Å². The maximum atomic E-state index is 5.37. The van der Waals surface area contributed by atoms with E-state index in [-0.39, 0.29) is 6.29 Å². The van der Waals surface area contributed by atoms with Gasteiger partial charge in [-0.25, -0.2) is 0 Å². The Morgan fingerprint density at radius 3 is 2.08 bits per heavy atom. The largest absolute Gasteiger partial charge is 0.356 e. The van der Waals surface area contributed by atoms with Gasteiger partial charge in [0.15, 0.2) is 6.29 Å². The summed E-state index contributed by atoms with van der Waals surface area (Å²) in [6.07, 6.45) is 5.69. The molecule has 0 aromatic carbocycles. The van der Waals surface area contributed by atoms with Crippen LogP contribution in [0.4, 0.5) is 0 Å². The van der Waals surface area contributed by atoms with Gasteiger partial charge in [0.2, 0.25) is 0 Å². The number of ether oxygens (including phenoxy) is 2. The fourth-order valence-electron chi connectivity index (χ4n) is 1.14. The number of methoxy groups -OCH3 is 2. The molecule has 3 nitrogen and oxygen atoms in total. The van der Waals surface area contributed by atoms with Crippen LogP contribution in [0.3, 0.4) is 0 Å². The number of nitrogens with two attached hydrogens (primary N) is 1. The number of unbranched alkanes of at least 4 members (excludes halogenated alkanes) is 3. The molecule has 0 aliphatic carbocycles. The molecule has 0 amide bonds. The van der Waals surface area contributed by atoms with Crippen molar-refractivity contribution in [1.29, 1.82) is 0 Å². The molecule has 74 valence electrons. The first-order valence-electron chi connectivity index (χ1n) is 4.60. The fourth-order valence-corrected chi connectivity index (χ4v) is 1.14. The van der Waals surface area contributed by atoms with Crippen molar-refractivity contribution in [2.24, 2.45) is 5.73 Å². The van der Waals surface area contributed by atoms with Gasteiger partial charge in [-0.2, -0.15) is 0 Å². The molecule has 0 rings (SSSR count). The van der Waals surface area contributed by atoms with E-state index in [9.17, 15) is 0 Å². The molecule has 0 aromatic rings. The molecule has 0 spiro atoms. The zero-order valence-electron chi connectivity index (χ0n) is 8.21. The van der Waals surface area contributed by atoms with Crippen LogP contribution in [0, 0.1) is 0 Å². The topological polar surface area (TPSA) is 44.5 Å². The van der Waals surface area contributed by atoms with E-state index in [1.54, 1.807) is 14.2 Å². The van der Waals surface area contributed by atoms with E-state index in [0.717, 1.165) is 25.8 Å². The van der Waals surface area contributed by atoms with E-state index in [2.05, 4.69) is 0 Å². The number of hydrogen-bond donors (Lipinski definition) is 1. The van der Waals surface area contributed by atoms with Crippen molar-refractivity contribution in [2.45, 2.75) is 38.4 Å². The Morgan fingerprint density at radius 1 is 1.00 bits per heavy atom. The Hall–Kier alpha value is -0.120. The molecule has 0 saturated carbocycles. The average Bonchev–Trinajstić information content (AvgIpc) is 2.11. The van der Waals surface area contributed by atoms with Gasteiger partial charge in [-0.05, 0) is 25.8 Å². The van der Waals surface area contributed by atoms with Gasteiger partial charge < -0.3 is 15.2 Å².